The van der Waals surface area contributed by atoms with Crippen molar-refractivity contribution in [3.63, 3.8) is 0 Å². The van der Waals surface area contributed by atoms with E-state index >= 15 is 0 Å². The summed E-state index contributed by atoms with van der Waals surface area (Å²) in [4.78, 5) is 26.4. The average Bonchev–Trinajstić information content (AvgIpc) is 3.29. The lowest BCUT2D eigenvalue weighted by molar-refractivity contribution is -0.939. The molecular weight excluding hydrogens is 446 g/mol. The maximum Gasteiger partial charge on any atom is 0.348 e. The summed E-state index contributed by atoms with van der Waals surface area (Å²) in [5.74, 6) is 0.415. The summed E-state index contributed by atoms with van der Waals surface area (Å²) in [6, 6.07) is 19.5. The monoisotopic (exact) mass is 476 g/mol. The van der Waals surface area contributed by atoms with Gasteiger partial charge in [0.15, 0.2) is 18.5 Å². The van der Waals surface area contributed by atoms with Crippen molar-refractivity contribution in [2.45, 2.75) is 31.5 Å². The number of fused-ring (bicyclic) bond motifs is 3. The van der Waals surface area contributed by atoms with Crippen LogP contribution in [0.1, 0.15) is 29.7 Å². The quantitative estimate of drug-likeness (QED) is 0.402. The summed E-state index contributed by atoms with van der Waals surface area (Å²) in [5, 5.41) is 18.4. The first-order valence-corrected chi connectivity index (χ1v) is 12.0. The van der Waals surface area contributed by atoms with E-state index < -0.39 is 11.6 Å². The van der Waals surface area contributed by atoms with E-state index in [1.165, 1.54) is 0 Å². The van der Waals surface area contributed by atoms with Crippen molar-refractivity contribution in [3.8, 4) is 0 Å². The van der Waals surface area contributed by atoms with Gasteiger partial charge in [0.05, 0.1) is 13.1 Å². The zero-order valence-corrected chi connectivity index (χ0v) is 19.7. The molecule has 3 saturated heterocycles. The van der Waals surface area contributed by atoms with Gasteiger partial charge in [0, 0.05) is 24.8 Å². The predicted molar refractivity (Wildman–Crippen MR) is 128 cm³/mol. The second kappa shape index (κ2) is 9.28. The molecule has 2 bridgehead atoms. The number of rotatable bonds is 7. The standard InChI is InChI=1S/C27H29N3O5/c1-19-16-24(29-35-19)28-25(31)18-30-14-12-20(13-15-30)23(17-30)34-26(32)27(33,21-8-4-2-5-9-21)22-10-6-3-7-11-22/h2-11,16,20,23,33H,12-15,17-18H2,1H3/p+1/t20?,23-,30?/m0/s1. The van der Waals surface area contributed by atoms with Crippen LogP contribution in [-0.2, 0) is 19.9 Å². The van der Waals surface area contributed by atoms with Gasteiger partial charge < -0.3 is 24.2 Å². The fraction of sp³-hybridized carbons (Fsp3) is 0.370. The lowest BCUT2D eigenvalue weighted by Gasteiger charge is -2.51. The molecule has 3 fully saturated rings. The number of ether oxygens (including phenoxy) is 1. The number of quaternary nitrogens is 1. The molecule has 35 heavy (non-hydrogen) atoms. The zero-order valence-electron chi connectivity index (χ0n) is 19.7. The van der Waals surface area contributed by atoms with Gasteiger partial charge in [-0.2, -0.15) is 0 Å². The second-order valence-corrected chi connectivity index (χ2v) is 9.72. The fourth-order valence-corrected chi connectivity index (χ4v) is 5.47. The van der Waals surface area contributed by atoms with E-state index in [2.05, 4.69) is 10.5 Å². The summed E-state index contributed by atoms with van der Waals surface area (Å²) in [6.45, 7) is 4.29. The Hall–Kier alpha value is -3.49. The Labute approximate surface area is 204 Å². The number of benzene rings is 2. The highest BCUT2D eigenvalue weighted by Crippen LogP contribution is 2.38. The minimum absolute atomic E-state index is 0.145. The van der Waals surface area contributed by atoms with Crippen molar-refractivity contribution in [1.29, 1.82) is 0 Å². The minimum atomic E-state index is -1.92. The van der Waals surface area contributed by atoms with Gasteiger partial charge in [0.25, 0.3) is 5.91 Å². The molecule has 8 heteroatoms. The van der Waals surface area contributed by atoms with Crippen LogP contribution >= 0.6 is 0 Å². The molecule has 3 aromatic rings. The van der Waals surface area contributed by atoms with Gasteiger partial charge in [-0.25, -0.2) is 4.79 Å². The van der Waals surface area contributed by atoms with Crippen molar-refractivity contribution in [3.05, 3.63) is 83.6 Å². The Kier molecular flexibility index (Phi) is 6.17. The average molecular weight is 477 g/mol. The predicted octanol–water partition coefficient (Wildman–Crippen LogP) is 3.01. The van der Waals surface area contributed by atoms with Gasteiger partial charge in [-0.1, -0.05) is 65.8 Å². The van der Waals surface area contributed by atoms with Crippen LogP contribution in [0.2, 0.25) is 0 Å². The lowest BCUT2D eigenvalue weighted by Crippen LogP contribution is -2.66. The molecule has 3 aliphatic rings. The van der Waals surface area contributed by atoms with Gasteiger partial charge in [-0.15, -0.1) is 0 Å². The summed E-state index contributed by atoms with van der Waals surface area (Å²) >= 11 is 0. The third-order valence-electron chi connectivity index (χ3n) is 7.35. The minimum Gasteiger partial charge on any atom is -0.453 e. The van der Waals surface area contributed by atoms with Gasteiger partial charge in [-0.05, 0) is 18.1 Å². The fourth-order valence-electron chi connectivity index (χ4n) is 5.47. The molecule has 2 aromatic carbocycles. The number of hydrogen-bond donors (Lipinski definition) is 2. The Morgan fingerprint density at radius 3 is 2.23 bits per heavy atom. The number of anilines is 1. The van der Waals surface area contributed by atoms with Crippen LogP contribution in [0.5, 0.6) is 0 Å². The second-order valence-electron chi connectivity index (χ2n) is 9.72. The van der Waals surface area contributed by atoms with Gasteiger partial charge in [-0.3, -0.25) is 4.79 Å². The normalized spacial score (nSPS) is 23.6. The topological polar surface area (TPSA) is 102 Å². The highest BCUT2D eigenvalue weighted by molar-refractivity contribution is 5.90. The molecule has 1 aromatic heterocycles. The number of aromatic nitrogens is 1. The number of hydrogen-bond acceptors (Lipinski definition) is 6. The maximum absolute atomic E-state index is 13.6. The smallest absolute Gasteiger partial charge is 0.348 e. The van der Waals surface area contributed by atoms with Crippen molar-refractivity contribution in [1.82, 2.24) is 5.16 Å². The molecule has 8 nitrogen and oxygen atoms in total. The summed E-state index contributed by atoms with van der Waals surface area (Å²) in [5.41, 5.74) is -0.992. The molecule has 4 heterocycles. The molecule has 0 aliphatic carbocycles. The molecule has 0 spiro atoms. The molecule has 1 atom stereocenters. The molecule has 0 saturated carbocycles. The number of amides is 1. The molecule has 0 unspecified atom stereocenters. The van der Waals surface area contributed by atoms with E-state index in [1.807, 2.05) is 12.1 Å². The van der Waals surface area contributed by atoms with Crippen molar-refractivity contribution in [2.24, 2.45) is 5.92 Å². The Balaban J connectivity index is 1.33. The number of esters is 1. The molecule has 6 rings (SSSR count). The van der Waals surface area contributed by atoms with Crippen LogP contribution in [-0.4, -0.2) is 58.9 Å². The first-order valence-electron chi connectivity index (χ1n) is 12.0. The number of nitrogens with zero attached hydrogens (tertiary/aromatic N) is 2. The van der Waals surface area contributed by atoms with Crippen molar-refractivity contribution in [2.75, 3.05) is 31.5 Å². The largest absolute Gasteiger partial charge is 0.453 e. The van der Waals surface area contributed by atoms with Crippen LogP contribution in [0.25, 0.3) is 0 Å². The molecule has 2 N–H and O–H groups in total. The number of nitrogens with one attached hydrogen (secondary N) is 1. The Morgan fingerprint density at radius 1 is 1.09 bits per heavy atom. The third kappa shape index (κ3) is 4.59. The molecule has 0 radical (unpaired) electrons. The van der Waals surface area contributed by atoms with E-state index in [9.17, 15) is 14.7 Å². The highest BCUT2D eigenvalue weighted by Gasteiger charge is 2.51. The summed E-state index contributed by atoms with van der Waals surface area (Å²) < 4.78 is 11.6. The van der Waals surface area contributed by atoms with Crippen molar-refractivity contribution >= 4 is 17.7 Å². The van der Waals surface area contributed by atoms with Crippen LogP contribution in [0.3, 0.4) is 0 Å². The van der Waals surface area contributed by atoms with Crippen LogP contribution in [0, 0.1) is 12.8 Å². The third-order valence-corrected chi connectivity index (χ3v) is 7.35. The molecule has 182 valence electrons. The van der Waals surface area contributed by atoms with E-state index in [1.54, 1.807) is 61.5 Å². The number of piperidine rings is 3. The first-order chi connectivity index (χ1) is 16.9. The van der Waals surface area contributed by atoms with Crippen LogP contribution < -0.4 is 5.32 Å². The zero-order chi connectivity index (χ0) is 24.5. The van der Waals surface area contributed by atoms with Crippen LogP contribution in [0.15, 0.2) is 71.3 Å². The summed E-state index contributed by atoms with van der Waals surface area (Å²) in [6.07, 6.45) is 1.36. The van der Waals surface area contributed by atoms with E-state index in [-0.39, 0.29) is 24.5 Å². The maximum atomic E-state index is 13.6. The Morgan fingerprint density at radius 2 is 1.69 bits per heavy atom. The van der Waals surface area contributed by atoms with Gasteiger partial charge in [0.1, 0.15) is 12.3 Å². The molecular formula is C27H30N3O5+. The Bertz CT molecular complexity index is 1150. The first kappa shape index (κ1) is 23.3. The molecule has 1 amide bonds. The van der Waals surface area contributed by atoms with E-state index in [4.69, 9.17) is 9.26 Å². The number of carbonyl (C=O) groups excluding carboxylic acids is 2. The van der Waals surface area contributed by atoms with Crippen LogP contribution in [0.4, 0.5) is 5.82 Å². The molecule has 3 aliphatic heterocycles. The SMILES string of the molecule is Cc1cc(NC(=O)C[N+]23CCC(CC2)[C@@H](OC(=O)C(O)(c2ccccc2)c2ccccc2)C3)no1. The van der Waals surface area contributed by atoms with Crippen molar-refractivity contribution < 1.29 is 28.4 Å². The van der Waals surface area contributed by atoms with Gasteiger partial charge in [0.2, 0.25) is 5.60 Å². The number of aryl methyl sites for hydroxylation is 1. The lowest BCUT2D eigenvalue weighted by atomic mass is 9.82. The number of carbonyl (C=O) groups is 2. The van der Waals surface area contributed by atoms with Gasteiger partial charge >= 0.3 is 5.97 Å². The number of aliphatic hydroxyl groups is 1. The highest BCUT2D eigenvalue weighted by atomic mass is 16.6. The van der Waals surface area contributed by atoms with E-state index in [0.717, 1.165) is 25.9 Å². The van der Waals surface area contributed by atoms with E-state index in [0.29, 0.717) is 33.7 Å². The summed E-state index contributed by atoms with van der Waals surface area (Å²) in [7, 11) is 0.